The number of nitrogens with zero attached hydrogens (tertiary/aromatic N) is 2. The van der Waals surface area contributed by atoms with Crippen molar-refractivity contribution in [3.8, 4) is 17.3 Å². The molecule has 294 valence electrons. The van der Waals surface area contributed by atoms with E-state index < -0.39 is 11.4 Å². The zero-order valence-corrected chi connectivity index (χ0v) is 34.8. The lowest BCUT2D eigenvalue weighted by Gasteiger charge is -2.29. The highest BCUT2D eigenvalue weighted by Gasteiger charge is 2.38. The van der Waals surface area contributed by atoms with Crippen LogP contribution in [0.15, 0.2) is 54.7 Å². The van der Waals surface area contributed by atoms with Crippen LogP contribution in [0.1, 0.15) is 191 Å². The Morgan fingerprint density at radius 2 is 1.13 bits per heavy atom. The highest BCUT2D eigenvalue weighted by Crippen LogP contribution is 2.42. The summed E-state index contributed by atoms with van der Waals surface area (Å²) in [5.41, 5.74) is 1.83. The van der Waals surface area contributed by atoms with Gasteiger partial charge in [0.15, 0.2) is 0 Å². The molecular weight excluding hydrogens is 681 g/mol. The molecule has 0 aliphatic carbocycles. The molecule has 2 aromatic heterocycles. The van der Waals surface area contributed by atoms with E-state index in [1.807, 2.05) is 36.5 Å². The maximum Gasteiger partial charge on any atom is 0.309 e. The third kappa shape index (κ3) is 13.8. The second-order valence-electron chi connectivity index (χ2n) is 16.1. The minimum Gasteiger partial charge on any atom is -0.481 e. The second kappa shape index (κ2) is 25.0. The van der Waals surface area contributed by atoms with Crippen LogP contribution in [0.5, 0.6) is 0 Å². The summed E-state index contributed by atoms with van der Waals surface area (Å²) in [5, 5.41) is 23.7. The number of thiophene rings is 1. The van der Waals surface area contributed by atoms with Crippen LogP contribution in [0, 0.1) is 16.7 Å². The van der Waals surface area contributed by atoms with Crippen molar-refractivity contribution in [1.29, 1.82) is 5.26 Å². The first-order valence-electron chi connectivity index (χ1n) is 22.1. The average Bonchev–Trinajstić information content (AvgIpc) is 3.60. The van der Waals surface area contributed by atoms with Gasteiger partial charge in [-0.2, -0.15) is 5.26 Å². The SMILES string of the molecule is CCCCCCCCCCCCCCC(CCCCCCCCCCCCCC)(Cc1cc2c(-c3ccc(C#N)c4ccccc34)nccc2s1)C(=O)O. The normalized spacial score (nSPS) is 11.8. The van der Waals surface area contributed by atoms with Gasteiger partial charge in [0, 0.05) is 32.1 Å². The Labute approximate surface area is 332 Å². The smallest absolute Gasteiger partial charge is 0.309 e. The lowest BCUT2D eigenvalue weighted by molar-refractivity contribution is -0.150. The molecule has 0 saturated carbocycles. The average molecular weight is 751 g/mol. The van der Waals surface area contributed by atoms with Crippen molar-refractivity contribution in [3.05, 3.63) is 65.2 Å². The fourth-order valence-electron chi connectivity index (χ4n) is 8.45. The van der Waals surface area contributed by atoms with Gasteiger partial charge in [-0.05, 0) is 42.8 Å². The number of benzene rings is 2. The van der Waals surface area contributed by atoms with Crippen molar-refractivity contribution in [2.24, 2.45) is 5.41 Å². The van der Waals surface area contributed by atoms with Crippen LogP contribution in [-0.2, 0) is 11.2 Å². The molecule has 2 aromatic carbocycles. The van der Waals surface area contributed by atoms with Gasteiger partial charge in [-0.15, -0.1) is 11.3 Å². The van der Waals surface area contributed by atoms with Gasteiger partial charge in [-0.1, -0.05) is 198 Å². The predicted octanol–water partition coefficient (Wildman–Crippen LogP) is 15.8. The number of hydrogen-bond acceptors (Lipinski definition) is 4. The number of carboxylic acids is 1. The van der Waals surface area contributed by atoms with Crippen molar-refractivity contribution in [1.82, 2.24) is 4.98 Å². The fraction of sp³-hybridized carbons (Fsp3) is 0.612. The molecule has 1 N–H and O–H groups in total. The van der Waals surface area contributed by atoms with Crippen LogP contribution in [0.3, 0.4) is 0 Å². The second-order valence-corrected chi connectivity index (χ2v) is 17.3. The number of hydrogen-bond donors (Lipinski definition) is 1. The van der Waals surface area contributed by atoms with Crippen molar-refractivity contribution < 1.29 is 9.90 Å². The van der Waals surface area contributed by atoms with Crippen LogP contribution in [0.2, 0.25) is 0 Å². The third-order valence-corrected chi connectivity index (χ3v) is 12.9. The maximum atomic E-state index is 13.4. The number of pyridine rings is 1. The van der Waals surface area contributed by atoms with Gasteiger partial charge in [-0.25, -0.2) is 0 Å². The van der Waals surface area contributed by atoms with Gasteiger partial charge in [-0.3, -0.25) is 9.78 Å². The van der Waals surface area contributed by atoms with E-state index in [0.29, 0.717) is 12.0 Å². The predicted molar refractivity (Wildman–Crippen MR) is 232 cm³/mol. The Morgan fingerprint density at radius 3 is 1.61 bits per heavy atom. The molecule has 54 heavy (non-hydrogen) atoms. The number of carbonyl (C=O) groups is 1. The van der Waals surface area contributed by atoms with Crippen LogP contribution < -0.4 is 0 Å². The molecule has 5 heteroatoms. The molecule has 0 radical (unpaired) electrons. The van der Waals surface area contributed by atoms with Crippen molar-refractivity contribution >= 4 is 38.2 Å². The molecule has 0 aliphatic heterocycles. The van der Waals surface area contributed by atoms with Gasteiger partial charge in [0.2, 0.25) is 0 Å². The van der Waals surface area contributed by atoms with Crippen LogP contribution >= 0.6 is 11.3 Å². The first-order chi connectivity index (χ1) is 26.5. The number of fused-ring (bicyclic) bond motifs is 2. The minimum atomic E-state index is -0.743. The summed E-state index contributed by atoms with van der Waals surface area (Å²) < 4.78 is 1.14. The molecule has 0 bridgehead atoms. The molecule has 4 nitrogen and oxygen atoms in total. The summed E-state index contributed by atoms with van der Waals surface area (Å²) in [6.07, 6.45) is 34.8. The molecule has 0 atom stereocenters. The number of aliphatic carboxylic acids is 1. The Morgan fingerprint density at radius 1 is 0.648 bits per heavy atom. The highest BCUT2D eigenvalue weighted by atomic mass is 32.1. The van der Waals surface area contributed by atoms with Crippen molar-refractivity contribution in [2.75, 3.05) is 0 Å². The van der Waals surface area contributed by atoms with Crippen molar-refractivity contribution in [3.63, 3.8) is 0 Å². The first kappa shape index (κ1) is 43.5. The number of carboxylic acid groups (broad SMARTS) is 1. The fourth-order valence-corrected chi connectivity index (χ4v) is 9.66. The Balaban J connectivity index is 1.40. The molecule has 0 fully saturated rings. The van der Waals surface area contributed by atoms with E-state index in [1.165, 1.54) is 128 Å². The zero-order valence-electron chi connectivity index (χ0n) is 33.9. The summed E-state index contributed by atoms with van der Waals surface area (Å²) in [4.78, 5) is 19.4. The molecule has 0 unspecified atom stereocenters. The van der Waals surface area contributed by atoms with Crippen LogP contribution in [-0.4, -0.2) is 16.1 Å². The largest absolute Gasteiger partial charge is 0.481 e. The molecule has 2 heterocycles. The van der Waals surface area contributed by atoms with Crippen LogP contribution in [0.25, 0.3) is 32.1 Å². The molecule has 0 amide bonds. The molecule has 0 saturated heterocycles. The van der Waals surface area contributed by atoms with Crippen molar-refractivity contribution in [2.45, 2.75) is 187 Å². The van der Waals surface area contributed by atoms with E-state index in [0.717, 1.165) is 75.5 Å². The summed E-state index contributed by atoms with van der Waals surface area (Å²) in [7, 11) is 0. The number of nitriles is 1. The Kier molecular flexibility index (Phi) is 20.2. The van der Waals surface area contributed by atoms with Gasteiger partial charge in [0.25, 0.3) is 0 Å². The Hall–Kier alpha value is -3.23. The van der Waals surface area contributed by atoms with Gasteiger partial charge in [0.1, 0.15) is 0 Å². The van der Waals surface area contributed by atoms with E-state index in [4.69, 9.17) is 4.98 Å². The summed E-state index contributed by atoms with van der Waals surface area (Å²) in [5.74, 6) is -0.623. The van der Waals surface area contributed by atoms with Gasteiger partial charge in [0.05, 0.1) is 22.7 Å². The lowest BCUT2D eigenvalue weighted by atomic mass is 9.74. The summed E-state index contributed by atoms with van der Waals surface area (Å²) >= 11 is 1.73. The third-order valence-electron chi connectivity index (χ3n) is 11.8. The quantitative estimate of drug-likeness (QED) is 0.0539. The zero-order chi connectivity index (χ0) is 38.3. The minimum absolute atomic E-state index is 0.575. The van der Waals surface area contributed by atoms with Gasteiger partial charge >= 0.3 is 5.97 Å². The standard InChI is InChI=1S/C49H70N2O2S/c1-3-5-7-9-11-13-15-17-19-21-23-27-34-49(48(52)53,35-28-24-22-20-18-16-14-12-10-8-6-4-2)38-41-37-45-46(54-41)33-36-51-47(45)44-32-31-40(39-50)42-29-25-26-30-43(42)44/h25-26,29-33,36-37H,3-24,27-28,34-35,38H2,1-2H3,(H,52,53). The number of aromatic nitrogens is 1. The molecular formula is C49H70N2O2S. The number of rotatable bonds is 30. The monoisotopic (exact) mass is 751 g/mol. The summed E-state index contributed by atoms with van der Waals surface area (Å²) in [6.45, 7) is 4.55. The summed E-state index contributed by atoms with van der Waals surface area (Å²) in [6, 6.07) is 18.6. The first-order valence-corrected chi connectivity index (χ1v) is 22.9. The highest BCUT2D eigenvalue weighted by molar-refractivity contribution is 7.19. The number of unbranched alkanes of at least 4 members (excludes halogenated alkanes) is 22. The molecule has 4 aromatic rings. The molecule has 0 aliphatic rings. The lowest BCUT2D eigenvalue weighted by Crippen LogP contribution is -2.33. The van der Waals surface area contributed by atoms with E-state index in [1.54, 1.807) is 11.3 Å². The van der Waals surface area contributed by atoms with E-state index >= 15 is 0 Å². The molecule has 0 spiro atoms. The van der Waals surface area contributed by atoms with Crippen LogP contribution in [0.4, 0.5) is 0 Å². The molecule has 4 rings (SSSR count). The van der Waals surface area contributed by atoms with E-state index in [-0.39, 0.29) is 0 Å². The van der Waals surface area contributed by atoms with Gasteiger partial charge < -0.3 is 5.11 Å². The topological polar surface area (TPSA) is 74.0 Å². The Bertz CT molecular complexity index is 1670. The van der Waals surface area contributed by atoms with E-state index in [2.05, 4.69) is 38.1 Å². The van der Waals surface area contributed by atoms with E-state index in [9.17, 15) is 15.2 Å². The maximum absolute atomic E-state index is 13.4.